The molecule has 2 rings (SSSR count). The Balaban J connectivity index is 1.99. The van der Waals surface area contributed by atoms with Crippen LogP contribution in [0.1, 0.15) is 5.56 Å². The fraction of sp³-hybridized carbons (Fsp3) is 0.188. The minimum absolute atomic E-state index is 0.0426. The molecule has 0 saturated carbocycles. The molecule has 2 aromatic rings. The molecule has 128 valence electrons. The van der Waals surface area contributed by atoms with E-state index in [1.807, 2.05) is 0 Å². The van der Waals surface area contributed by atoms with Gasteiger partial charge in [0.05, 0.1) is 6.42 Å². The highest BCUT2D eigenvalue weighted by Crippen LogP contribution is 2.25. The number of carbonyl (C=O) groups excluding carboxylic acids is 1. The lowest BCUT2D eigenvalue weighted by Crippen LogP contribution is -2.18. The number of nitrogens with one attached hydrogen (secondary N) is 1. The van der Waals surface area contributed by atoms with Crippen LogP contribution in [0.4, 0.5) is 18.9 Å². The van der Waals surface area contributed by atoms with Crippen molar-refractivity contribution in [3.63, 3.8) is 0 Å². The predicted molar refractivity (Wildman–Crippen MR) is 84.2 cm³/mol. The molecular weight excluding hydrogens is 343 g/mol. The van der Waals surface area contributed by atoms with Gasteiger partial charge in [0.25, 0.3) is 0 Å². The van der Waals surface area contributed by atoms with Gasteiger partial charge in [-0.05, 0) is 29.8 Å². The van der Waals surface area contributed by atoms with Crippen LogP contribution in [0.15, 0.2) is 53.4 Å². The van der Waals surface area contributed by atoms with Crippen LogP contribution in [0.3, 0.4) is 0 Å². The monoisotopic (exact) mass is 357 g/mol. The third-order valence-corrected chi connectivity index (χ3v) is 3.91. The highest BCUT2D eigenvalue weighted by Gasteiger charge is 2.31. The summed E-state index contributed by atoms with van der Waals surface area (Å²) < 4.78 is 51.6. The zero-order chi connectivity index (χ0) is 17.7. The minimum atomic E-state index is -4.79. The van der Waals surface area contributed by atoms with Crippen molar-refractivity contribution in [3.8, 4) is 5.75 Å². The largest absolute Gasteiger partial charge is 0.573 e. The van der Waals surface area contributed by atoms with E-state index in [-0.39, 0.29) is 18.0 Å². The first-order valence-corrected chi connectivity index (χ1v) is 8.37. The second-order valence-corrected chi connectivity index (χ2v) is 6.28. The summed E-state index contributed by atoms with van der Waals surface area (Å²) in [5, 5.41) is 2.51. The van der Waals surface area contributed by atoms with Gasteiger partial charge < -0.3 is 10.1 Å². The van der Waals surface area contributed by atoms with Crippen molar-refractivity contribution in [3.05, 3.63) is 54.1 Å². The molecule has 1 atom stereocenters. The maximum absolute atomic E-state index is 12.2. The van der Waals surface area contributed by atoms with Gasteiger partial charge in [0.2, 0.25) is 5.91 Å². The number of hydrogen-bond acceptors (Lipinski definition) is 3. The molecule has 1 unspecified atom stereocenters. The van der Waals surface area contributed by atoms with E-state index < -0.39 is 22.9 Å². The van der Waals surface area contributed by atoms with Gasteiger partial charge in [0.15, 0.2) is 0 Å². The zero-order valence-electron chi connectivity index (χ0n) is 12.6. The van der Waals surface area contributed by atoms with Crippen molar-refractivity contribution in [2.24, 2.45) is 0 Å². The summed E-state index contributed by atoms with van der Waals surface area (Å²) >= 11 is 0. The lowest BCUT2D eigenvalue weighted by Gasteiger charge is -2.11. The molecule has 8 heteroatoms. The smallest absolute Gasteiger partial charge is 0.406 e. The van der Waals surface area contributed by atoms with Gasteiger partial charge in [0, 0.05) is 33.7 Å². The van der Waals surface area contributed by atoms with E-state index in [1.54, 1.807) is 30.5 Å². The number of halogens is 3. The summed E-state index contributed by atoms with van der Waals surface area (Å²) in [5.74, 6) is -0.792. The van der Waals surface area contributed by atoms with E-state index in [1.165, 1.54) is 12.1 Å². The van der Waals surface area contributed by atoms with Crippen LogP contribution in [-0.4, -0.2) is 22.7 Å². The zero-order valence-corrected chi connectivity index (χ0v) is 13.4. The number of hydrogen-bond donors (Lipinski definition) is 1. The van der Waals surface area contributed by atoms with Crippen LogP contribution < -0.4 is 10.1 Å². The maximum Gasteiger partial charge on any atom is 0.573 e. The topological polar surface area (TPSA) is 55.4 Å². The second kappa shape index (κ2) is 7.48. The van der Waals surface area contributed by atoms with Crippen molar-refractivity contribution >= 4 is 22.4 Å². The Hall–Kier alpha value is -2.35. The van der Waals surface area contributed by atoms with Crippen molar-refractivity contribution in [2.75, 3.05) is 11.6 Å². The van der Waals surface area contributed by atoms with E-state index in [4.69, 9.17) is 0 Å². The lowest BCUT2D eigenvalue weighted by molar-refractivity contribution is -0.274. The van der Waals surface area contributed by atoms with Gasteiger partial charge in [-0.25, -0.2) is 0 Å². The summed E-state index contributed by atoms with van der Waals surface area (Å²) in [5.41, 5.74) is 0.900. The third-order valence-electron chi connectivity index (χ3n) is 2.97. The number of ether oxygens (including phenoxy) is 1. The molecular formula is C16H14F3NO3S. The van der Waals surface area contributed by atoms with Crippen LogP contribution in [-0.2, 0) is 22.0 Å². The molecule has 0 heterocycles. The molecule has 0 aliphatic rings. The lowest BCUT2D eigenvalue weighted by atomic mass is 10.1. The molecule has 0 fully saturated rings. The summed E-state index contributed by atoms with van der Waals surface area (Å²) in [7, 11) is -1.10. The predicted octanol–water partition coefficient (Wildman–Crippen LogP) is 3.50. The quantitative estimate of drug-likeness (QED) is 0.891. The van der Waals surface area contributed by atoms with E-state index in [0.29, 0.717) is 10.5 Å². The number of amides is 1. The second-order valence-electron chi connectivity index (χ2n) is 4.90. The Bertz CT molecular complexity index is 745. The van der Waals surface area contributed by atoms with E-state index >= 15 is 0 Å². The van der Waals surface area contributed by atoms with Crippen molar-refractivity contribution in [1.82, 2.24) is 0 Å². The molecule has 0 spiro atoms. The fourth-order valence-electron chi connectivity index (χ4n) is 1.96. The average molecular weight is 357 g/mol. The van der Waals surface area contributed by atoms with Crippen molar-refractivity contribution in [2.45, 2.75) is 17.7 Å². The number of alkyl halides is 3. The summed E-state index contributed by atoms with van der Waals surface area (Å²) in [4.78, 5) is 12.6. The van der Waals surface area contributed by atoms with Gasteiger partial charge in [-0.1, -0.05) is 18.2 Å². The summed E-state index contributed by atoms with van der Waals surface area (Å²) in [6.45, 7) is 0. The molecule has 1 amide bonds. The number of benzene rings is 2. The highest BCUT2D eigenvalue weighted by atomic mass is 32.2. The molecule has 24 heavy (non-hydrogen) atoms. The van der Waals surface area contributed by atoms with Crippen molar-refractivity contribution < 1.29 is 26.9 Å². The van der Waals surface area contributed by atoms with Crippen LogP contribution in [0, 0.1) is 0 Å². The molecule has 2 aromatic carbocycles. The maximum atomic E-state index is 12.2. The SMILES string of the molecule is CS(=O)c1ccc(CC(=O)Nc2cccc(OC(F)(F)F)c2)cc1. The molecule has 0 aliphatic heterocycles. The Morgan fingerprint density at radius 2 is 1.83 bits per heavy atom. The Morgan fingerprint density at radius 3 is 2.42 bits per heavy atom. The highest BCUT2D eigenvalue weighted by molar-refractivity contribution is 7.84. The van der Waals surface area contributed by atoms with Crippen LogP contribution in [0.2, 0.25) is 0 Å². The molecule has 0 aromatic heterocycles. The molecule has 1 N–H and O–H groups in total. The van der Waals surface area contributed by atoms with Crippen LogP contribution in [0.25, 0.3) is 0 Å². The fourth-order valence-corrected chi connectivity index (χ4v) is 2.48. The summed E-state index contributed by atoms with van der Waals surface area (Å²) in [6, 6.07) is 11.7. The number of carbonyl (C=O) groups is 1. The minimum Gasteiger partial charge on any atom is -0.406 e. The third kappa shape index (κ3) is 5.69. The first-order valence-electron chi connectivity index (χ1n) is 6.81. The number of rotatable bonds is 5. The first-order chi connectivity index (χ1) is 11.2. The molecule has 0 radical (unpaired) electrons. The van der Waals surface area contributed by atoms with E-state index in [2.05, 4.69) is 10.1 Å². The van der Waals surface area contributed by atoms with Gasteiger partial charge >= 0.3 is 6.36 Å². The molecule has 0 aliphatic carbocycles. The summed E-state index contributed by atoms with van der Waals surface area (Å²) in [6.07, 6.45) is -3.19. The Labute approximate surface area is 139 Å². The first kappa shape index (κ1) is 18.0. The van der Waals surface area contributed by atoms with E-state index in [9.17, 15) is 22.2 Å². The normalized spacial score (nSPS) is 12.5. The van der Waals surface area contributed by atoms with Gasteiger partial charge in [-0.2, -0.15) is 0 Å². The van der Waals surface area contributed by atoms with Gasteiger partial charge in [0.1, 0.15) is 5.75 Å². The standard InChI is InChI=1S/C16H14F3NO3S/c1-24(22)14-7-5-11(6-8-14)9-15(21)20-12-3-2-4-13(10-12)23-16(17,18)19/h2-8,10H,9H2,1H3,(H,20,21). The van der Waals surface area contributed by atoms with Gasteiger partial charge in [-0.15, -0.1) is 13.2 Å². The molecule has 4 nitrogen and oxygen atoms in total. The average Bonchev–Trinajstić information content (AvgIpc) is 2.46. The van der Waals surface area contributed by atoms with Crippen molar-refractivity contribution in [1.29, 1.82) is 0 Å². The number of anilines is 1. The molecule has 0 saturated heterocycles. The Kier molecular flexibility index (Phi) is 5.61. The van der Waals surface area contributed by atoms with Crippen LogP contribution in [0.5, 0.6) is 5.75 Å². The molecule has 0 bridgehead atoms. The van der Waals surface area contributed by atoms with Gasteiger partial charge in [-0.3, -0.25) is 9.00 Å². The Morgan fingerprint density at radius 1 is 1.17 bits per heavy atom. The van der Waals surface area contributed by atoms with E-state index in [0.717, 1.165) is 12.1 Å². The van der Waals surface area contributed by atoms with Crippen LogP contribution >= 0.6 is 0 Å².